The Hall–Kier alpha value is -0.390. The molecule has 1 atom stereocenters. The van der Waals surface area contributed by atoms with E-state index in [1.807, 2.05) is 18.4 Å². The standard InChI is InChI=1S/C11H15BrN2OS/c1-11(4-2-5-14-11)10(15)13-7-9-8(12)3-6-16-9/h3,6,14H,2,4-5,7H2,1H3,(H,13,15). The number of nitrogens with one attached hydrogen (secondary N) is 2. The molecule has 2 rings (SSSR count). The summed E-state index contributed by atoms with van der Waals surface area (Å²) in [7, 11) is 0. The summed E-state index contributed by atoms with van der Waals surface area (Å²) < 4.78 is 1.07. The molecule has 1 amide bonds. The molecule has 1 aliphatic heterocycles. The zero-order valence-corrected chi connectivity index (χ0v) is 11.6. The number of hydrogen-bond donors (Lipinski definition) is 2. The van der Waals surface area contributed by atoms with Crippen molar-refractivity contribution in [1.82, 2.24) is 10.6 Å². The molecule has 3 nitrogen and oxygen atoms in total. The van der Waals surface area contributed by atoms with Crippen LogP contribution >= 0.6 is 27.3 Å². The summed E-state index contributed by atoms with van der Waals surface area (Å²) >= 11 is 5.11. The smallest absolute Gasteiger partial charge is 0.240 e. The fourth-order valence-electron chi connectivity index (χ4n) is 1.90. The number of thiophene rings is 1. The van der Waals surface area contributed by atoms with Gasteiger partial charge < -0.3 is 10.6 Å². The normalized spacial score (nSPS) is 24.6. The Morgan fingerprint density at radius 3 is 3.12 bits per heavy atom. The van der Waals surface area contributed by atoms with Crippen LogP contribution in [0.15, 0.2) is 15.9 Å². The Bertz CT molecular complexity index is 385. The molecule has 1 fully saturated rings. The Balaban J connectivity index is 1.91. The molecule has 88 valence electrons. The summed E-state index contributed by atoms with van der Waals surface area (Å²) in [5.41, 5.74) is -0.371. The van der Waals surface area contributed by atoms with Crippen LogP contribution in [0, 0.1) is 0 Å². The van der Waals surface area contributed by atoms with E-state index in [0.717, 1.165) is 28.7 Å². The molecule has 0 saturated carbocycles. The number of amides is 1. The van der Waals surface area contributed by atoms with E-state index in [1.165, 1.54) is 0 Å². The molecule has 0 radical (unpaired) electrons. The van der Waals surface area contributed by atoms with Gasteiger partial charge in [0.25, 0.3) is 0 Å². The maximum atomic E-state index is 12.0. The highest BCUT2D eigenvalue weighted by atomic mass is 79.9. The Kier molecular flexibility index (Phi) is 3.66. The van der Waals surface area contributed by atoms with Crippen molar-refractivity contribution in [2.45, 2.75) is 31.8 Å². The van der Waals surface area contributed by atoms with E-state index in [2.05, 4.69) is 26.6 Å². The molecule has 0 aromatic carbocycles. The summed E-state index contributed by atoms with van der Waals surface area (Å²) in [6.07, 6.45) is 2.00. The number of rotatable bonds is 3. The van der Waals surface area contributed by atoms with Crippen molar-refractivity contribution in [3.63, 3.8) is 0 Å². The van der Waals surface area contributed by atoms with Crippen LogP contribution in [0.4, 0.5) is 0 Å². The molecule has 0 aliphatic carbocycles. The van der Waals surface area contributed by atoms with Crippen molar-refractivity contribution in [1.29, 1.82) is 0 Å². The van der Waals surface area contributed by atoms with Gasteiger partial charge in [-0.05, 0) is 53.7 Å². The first-order chi connectivity index (χ1) is 7.62. The summed E-state index contributed by atoms with van der Waals surface area (Å²) in [5.74, 6) is 0.102. The number of hydrogen-bond acceptors (Lipinski definition) is 3. The van der Waals surface area contributed by atoms with Gasteiger partial charge in [0.1, 0.15) is 0 Å². The van der Waals surface area contributed by atoms with Gasteiger partial charge in [-0.15, -0.1) is 11.3 Å². The lowest BCUT2D eigenvalue weighted by Crippen LogP contribution is -2.50. The minimum absolute atomic E-state index is 0.102. The van der Waals surface area contributed by atoms with Gasteiger partial charge >= 0.3 is 0 Å². The second kappa shape index (κ2) is 4.85. The predicted molar refractivity (Wildman–Crippen MR) is 69.5 cm³/mol. The third-order valence-electron chi connectivity index (χ3n) is 2.97. The fourth-order valence-corrected chi connectivity index (χ4v) is 3.33. The molecule has 0 bridgehead atoms. The van der Waals surface area contributed by atoms with E-state index in [9.17, 15) is 4.79 Å². The van der Waals surface area contributed by atoms with Gasteiger partial charge in [0.05, 0.1) is 12.1 Å². The first kappa shape index (κ1) is 12.1. The van der Waals surface area contributed by atoms with E-state index in [1.54, 1.807) is 11.3 Å². The van der Waals surface area contributed by atoms with Crippen molar-refractivity contribution in [3.05, 3.63) is 20.8 Å². The lowest BCUT2D eigenvalue weighted by atomic mass is 9.99. The topological polar surface area (TPSA) is 41.1 Å². The van der Waals surface area contributed by atoms with Crippen molar-refractivity contribution >= 4 is 33.2 Å². The molecular weight excluding hydrogens is 288 g/mol. The average molecular weight is 303 g/mol. The van der Waals surface area contributed by atoms with Crippen LogP contribution in [0.1, 0.15) is 24.6 Å². The molecule has 2 heterocycles. The van der Waals surface area contributed by atoms with E-state index in [-0.39, 0.29) is 11.4 Å². The first-order valence-electron chi connectivity index (χ1n) is 5.37. The summed E-state index contributed by atoms with van der Waals surface area (Å²) in [5, 5.41) is 8.26. The van der Waals surface area contributed by atoms with Gasteiger partial charge in [0.15, 0.2) is 0 Å². The largest absolute Gasteiger partial charge is 0.350 e. The summed E-state index contributed by atoms with van der Waals surface area (Å²) in [6.45, 7) is 3.51. The van der Waals surface area contributed by atoms with Crippen LogP contribution in [0.2, 0.25) is 0 Å². The first-order valence-corrected chi connectivity index (χ1v) is 7.04. The van der Waals surface area contributed by atoms with Crippen LogP contribution < -0.4 is 10.6 Å². The molecule has 2 N–H and O–H groups in total. The SMILES string of the molecule is CC1(C(=O)NCc2sccc2Br)CCCN1. The Morgan fingerprint density at radius 2 is 2.56 bits per heavy atom. The molecule has 1 saturated heterocycles. The second-order valence-corrected chi connectivity index (χ2v) is 6.09. The molecular formula is C11H15BrN2OS. The Morgan fingerprint density at radius 1 is 1.75 bits per heavy atom. The van der Waals surface area contributed by atoms with Crippen molar-refractivity contribution in [3.8, 4) is 0 Å². The van der Waals surface area contributed by atoms with Crippen LogP contribution in [-0.2, 0) is 11.3 Å². The Labute approximate surface area is 108 Å². The fraction of sp³-hybridized carbons (Fsp3) is 0.545. The molecule has 16 heavy (non-hydrogen) atoms. The lowest BCUT2D eigenvalue weighted by Gasteiger charge is -2.22. The third kappa shape index (κ3) is 2.47. The third-order valence-corrected chi connectivity index (χ3v) is 4.90. The number of carbonyl (C=O) groups excluding carboxylic acids is 1. The zero-order valence-electron chi connectivity index (χ0n) is 9.18. The van der Waals surface area contributed by atoms with Crippen LogP contribution in [0.3, 0.4) is 0 Å². The van der Waals surface area contributed by atoms with Gasteiger partial charge in [-0.25, -0.2) is 0 Å². The summed E-state index contributed by atoms with van der Waals surface area (Å²) in [6, 6.07) is 2.00. The highest BCUT2D eigenvalue weighted by molar-refractivity contribution is 9.10. The highest BCUT2D eigenvalue weighted by Gasteiger charge is 2.35. The van der Waals surface area contributed by atoms with Gasteiger partial charge in [0, 0.05) is 9.35 Å². The molecule has 1 unspecified atom stereocenters. The lowest BCUT2D eigenvalue weighted by molar-refractivity contribution is -0.126. The minimum Gasteiger partial charge on any atom is -0.350 e. The van der Waals surface area contributed by atoms with Crippen molar-refractivity contribution in [2.24, 2.45) is 0 Å². The van der Waals surface area contributed by atoms with Gasteiger partial charge in [-0.1, -0.05) is 0 Å². The van der Waals surface area contributed by atoms with Crippen LogP contribution in [0.5, 0.6) is 0 Å². The van der Waals surface area contributed by atoms with Crippen LogP contribution in [0.25, 0.3) is 0 Å². The molecule has 1 aliphatic rings. The molecule has 0 spiro atoms. The van der Waals surface area contributed by atoms with Crippen LogP contribution in [-0.4, -0.2) is 18.0 Å². The van der Waals surface area contributed by atoms with Gasteiger partial charge in [0.2, 0.25) is 5.91 Å². The van der Waals surface area contributed by atoms with E-state index in [4.69, 9.17) is 0 Å². The molecule has 5 heteroatoms. The van der Waals surface area contributed by atoms with Crippen molar-refractivity contribution in [2.75, 3.05) is 6.54 Å². The predicted octanol–water partition coefficient (Wildman–Crippen LogP) is 2.27. The highest BCUT2D eigenvalue weighted by Crippen LogP contribution is 2.23. The van der Waals surface area contributed by atoms with Gasteiger partial charge in [-0.3, -0.25) is 4.79 Å². The number of carbonyl (C=O) groups is 1. The molecule has 1 aromatic heterocycles. The summed E-state index contributed by atoms with van der Waals surface area (Å²) in [4.78, 5) is 13.2. The maximum Gasteiger partial charge on any atom is 0.240 e. The minimum atomic E-state index is -0.371. The van der Waals surface area contributed by atoms with E-state index >= 15 is 0 Å². The number of halogens is 1. The van der Waals surface area contributed by atoms with Gasteiger partial charge in [-0.2, -0.15) is 0 Å². The van der Waals surface area contributed by atoms with E-state index < -0.39 is 0 Å². The van der Waals surface area contributed by atoms with Crippen molar-refractivity contribution < 1.29 is 4.79 Å². The average Bonchev–Trinajstić information content (AvgIpc) is 2.85. The maximum absolute atomic E-state index is 12.0. The second-order valence-electron chi connectivity index (χ2n) is 4.24. The zero-order chi connectivity index (χ0) is 11.6. The quantitative estimate of drug-likeness (QED) is 0.899. The monoisotopic (exact) mass is 302 g/mol. The van der Waals surface area contributed by atoms with E-state index in [0.29, 0.717) is 6.54 Å². The molecule has 1 aromatic rings.